The highest BCUT2D eigenvalue weighted by atomic mass is 16.3. The zero-order valence-electron chi connectivity index (χ0n) is 6.28. The minimum absolute atomic E-state index is 0.336. The van der Waals surface area contributed by atoms with E-state index in [4.69, 9.17) is 16.8 Å². The van der Waals surface area contributed by atoms with Crippen molar-refractivity contribution >= 4 is 0 Å². The molecule has 0 atom stereocenters. The predicted molar refractivity (Wildman–Crippen MR) is 44.4 cm³/mol. The molecule has 1 rings (SSSR count). The summed E-state index contributed by atoms with van der Waals surface area (Å²) in [4.78, 5) is 0. The van der Waals surface area contributed by atoms with Crippen molar-refractivity contribution in [1.29, 1.82) is 5.26 Å². The first-order valence-corrected chi connectivity index (χ1v) is 3.30. The third-order valence-corrected chi connectivity index (χ3v) is 1.50. The van der Waals surface area contributed by atoms with Gasteiger partial charge in [0.05, 0.1) is 5.56 Å². The molecular weight excluding hydrogens is 150 g/mol. The largest absolute Gasteiger partial charge is 0.385 e. The quantitative estimate of drug-likeness (QED) is 0.625. The van der Waals surface area contributed by atoms with Crippen LogP contribution < -0.4 is 0 Å². The highest BCUT2D eigenvalue weighted by molar-refractivity contribution is 5.53. The maximum absolute atomic E-state index is 8.72. The number of terminal acetylenes is 1. The molecule has 0 aliphatic rings. The van der Waals surface area contributed by atoms with Gasteiger partial charge in [-0.25, -0.2) is 0 Å². The van der Waals surface area contributed by atoms with Crippen LogP contribution in [0, 0.1) is 30.3 Å². The molecule has 2 heteroatoms. The van der Waals surface area contributed by atoms with Crippen LogP contribution >= 0.6 is 0 Å². The Morgan fingerprint density at radius 2 is 2.25 bits per heavy atom. The van der Waals surface area contributed by atoms with Crippen LogP contribution in [0.25, 0.3) is 0 Å². The normalized spacial score (nSPS) is 8.58. The van der Waals surface area contributed by atoms with Crippen LogP contribution in [-0.2, 0) is 0 Å². The summed E-state index contributed by atoms with van der Waals surface area (Å²) in [5.74, 6) is 2.37. The summed E-state index contributed by atoms with van der Waals surface area (Å²) in [5.41, 5.74) is 1.29. The first kappa shape index (κ1) is 8.33. The topological polar surface area (TPSA) is 44.0 Å². The van der Waals surface area contributed by atoms with Gasteiger partial charge >= 0.3 is 0 Å². The van der Waals surface area contributed by atoms with E-state index in [-0.39, 0.29) is 0 Å². The van der Waals surface area contributed by atoms with E-state index in [1.54, 1.807) is 18.2 Å². The molecule has 0 unspecified atom stereocenters. The van der Waals surface area contributed by atoms with Gasteiger partial charge in [0.25, 0.3) is 0 Å². The van der Waals surface area contributed by atoms with Gasteiger partial charge in [-0.3, -0.25) is 0 Å². The molecule has 2 nitrogen and oxygen atoms in total. The Balaban J connectivity index is 3.37. The van der Waals surface area contributed by atoms with Crippen LogP contribution in [0.4, 0.5) is 0 Å². The molecule has 0 aromatic heterocycles. The second kappa shape index (κ2) is 3.57. The molecule has 0 saturated heterocycles. The monoisotopic (exact) mass is 156 g/mol. The standard InChI is InChI=1S/C10H6NO/c1-2-8-4-3-5-9(7-12)10(8)6-11/h1,3-5,7,12H. The first-order chi connectivity index (χ1) is 5.83. The van der Waals surface area contributed by atoms with Gasteiger partial charge in [-0.1, -0.05) is 18.1 Å². The van der Waals surface area contributed by atoms with E-state index in [2.05, 4.69) is 5.92 Å². The van der Waals surface area contributed by atoms with Crippen LogP contribution in [0.1, 0.15) is 16.7 Å². The SMILES string of the molecule is C#Cc1cccc([CH]O)c1C#N. The fraction of sp³-hybridized carbons (Fsp3) is 0. The summed E-state index contributed by atoms with van der Waals surface area (Å²) in [6.45, 7) is 0.874. The van der Waals surface area contributed by atoms with E-state index < -0.39 is 0 Å². The van der Waals surface area contributed by atoms with Gasteiger partial charge in [0.15, 0.2) is 0 Å². The summed E-state index contributed by atoms with van der Waals surface area (Å²) in [7, 11) is 0. The molecule has 0 saturated carbocycles. The van der Waals surface area contributed by atoms with Gasteiger partial charge in [0.1, 0.15) is 12.7 Å². The molecule has 0 spiro atoms. The highest BCUT2D eigenvalue weighted by Gasteiger charge is 2.04. The Bertz CT molecular complexity index is 368. The van der Waals surface area contributed by atoms with Gasteiger partial charge in [-0.15, -0.1) is 6.42 Å². The summed E-state index contributed by atoms with van der Waals surface area (Å²) in [6.07, 6.45) is 5.15. The molecule has 0 bridgehead atoms. The second-order valence-electron chi connectivity index (χ2n) is 2.16. The van der Waals surface area contributed by atoms with Crippen LogP contribution in [0.5, 0.6) is 0 Å². The lowest BCUT2D eigenvalue weighted by Gasteiger charge is -2.00. The van der Waals surface area contributed by atoms with Gasteiger partial charge in [-0.2, -0.15) is 5.26 Å². The third-order valence-electron chi connectivity index (χ3n) is 1.50. The molecule has 1 aromatic carbocycles. The molecule has 1 aromatic rings. The van der Waals surface area contributed by atoms with Crippen LogP contribution in [-0.4, -0.2) is 5.11 Å². The van der Waals surface area contributed by atoms with Crippen LogP contribution in [0.2, 0.25) is 0 Å². The average Bonchev–Trinajstić information content (AvgIpc) is 2.16. The number of nitrogens with zero attached hydrogens (tertiary/aromatic N) is 1. The smallest absolute Gasteiger partial charge is 0.110 e. The number of benzene rings is 1. The van der Waals surface area contributed by atoms with Crippen LogP contribution in [0.3, 0.4) is 0 Å². The lowest BCUT2D eigenvalue weighted by atomic mass is 10.0. The summed E-state index contributed by atoms with van der Waals surface area (Å²) in [6, 6.07) is 6.91. The molecule has 0 fully saturated rings. The number of aliphatic hydroxyl groups excluding tert-OH is 1. The first-order valence-electron chi connectivity index (χ1n) is 3.30. The van der Waals surface area contributed by atoms with Crippen molar-refractivity contribution in [2.24, 2.45) is 0 Å². The van der Waals surface area contributed by atoms with Crippen molar-refractivity contribution < 1.29 is 5.11 Å². The second-order valence-corrected chi connectivity index (χ2v) is 2.16. The van der Waals surface area contributed by atoms with Gasteiger partial charge in [-0.05, 0) is 6.07 Å². The fourth-order valence-electron chi connectivity index (χ4n) is 0.923. The van der Waals surface area contributed by atoms with Gasteiger partial charge < -0.3 is 5.11 Å². The third kappa shape index (κ3) is 1.29. The Hall–Kier alpha value is -1.77. The molecule has 57 valence electrons. The summed E-state index contributed by atoms with van der Waals surface area (Å²) >= 11 is 0. The number of hydrogen-bond donors (Lipinski definition) is 1. The zero-order valence-corrected chi connectivity index (χ0v) is 6.28. The Morgan fingerprint density at radius 3 is 2.75 bits per heavy atom. The van der Waals surface area contributed by atoms with E-state index in [1.807, 2.05) is 6.07 Å². The molecule has 0 heterocycles. The van der Waals surface area contributed by atoms with E-state index in [1.165, 1.54) is 0 Å². The van der Waals surface area contributed by atoms with E-state index in [0.717, 1.165) is 6.61 Å². The molecule has 1 N–H and O–H groups in total. The highest BCUT2D eigenvalue weighted by Crippen LogP contribution is 2.13. The average molecular weight is 156 g/mol. The van der Waals surface area contributed by atoms with E-state index in [9.17, 15) is 0 Å². The maximum atomic E-state index is 8.72. The van der Waals surface area contributed by atoms with Crippen molar-refractivity contribution in [3.05, 3.63) is 41.5 Å². The lowest BCUT2D eigenvalue weighted by Crippen LogP contribution is -1.90. The Morgan fingerprint density at radius 1 is 1.50 bits per heavy atom. The van der Waals surface area contributed by atoms with Crippen LogP contribution in [0.15, 0.2) is 18.2 Å². The summed E-state index contributed by atoms with van der Waals surface area (Å²) < 4.78 is 0. The van der Waals surface area contributed by atoms with Crippen molar-refractivity contribution in [3.63, 3.8) is 0 Å². The van der Waals surface area contributed by atoms with E-state index >= 15 is 0 Å². The predicted octanol–water partition coefficient (Wildman–Crippen LogP) is 1.42. The number of aliphatic hydroxyl groups is 1. The lowest BCUT2D eigenvalue weighted by molar-refractivity contribution is 0.414. The van der Waals surface area contributed by atoms with Crippen molar-refractivity contribution in [2.75, 3.05) is 0 Å². The van der Waals surface area contributed by atoms with E-state index in [0.29, 0.717) is 16.7 Å². The molecule has 0 aliphatic heterocycles. The molecular formula is C10H6NO. The van der Waals surface area contributed by atoms with Gasteiger partial charge in [0.2, 0.25) is 0 Å². The summed E-state index contributed by atoms with van der Waals surface area (Å²) in [5, 5.41) is 17.4. The van der Waals surface area contributed by atoms with Crippen molar-refractivity contribution in [3.8, 4) is 18.4 Å². The molecule has 1 radical (unpaired) electrons. The Labute approximate surface area is 71.1 Å². The minimum Gasteiger partial charge on any atom is -0.385 e. The minimum atomic E-state index is 0.336. The molecule has 12 heavy (non-hydrogen) atoms. The molecule has 0 aliphatic carbocycles. The van der Waals surface area contributed by atoms with Gasteiger partial charge in [0, 0.05) is 11.1 Å². The number of rotatable bonds is 1. The number of hydrogen-bond acceptors (Lipinski definition) is 2. The molecule has 0 amide bonds. The Kier molecular flexibility index (Phi) is 2.48. The fourth-order valence-corrected chi connectivity index (χ4v) is 0.923. The van der Waals surface area contributed by atoms with Crippen molar-refractivity contribution in [2.45, 2.75) is 0 Å². The van der Waals surface area contributed by atoms with Crippen molar-refractivity contribution in [1.82, 2.24) is 0 Å². The maximum Gasteiger partial charge on any atom is 0.110 e. The number of nitriles is 1. The zero-order chi connectivity index (χ0) is 8.97.